The van der Waals surface area contributed by atoms with Crippen molar-refractivity contribution in [2.24, 2.45) is 0 Å². The summed E-state index contributed by atoms with van der Waals surface area (Å²) in [5.74, 6) is 0.714. The molecular weight excluding hydrogens is 354 g/mol. The van der Waals surface area contributed by atoms with Gasteiger partial charge in [0, 0.05) is 20.1 Å². The van der Waals surface area contributed by atoms with Crippen molar-refractivity contribution in [1.82, 2.24) is 14.0 Å². The zero-order chi connectivity index (χ0) is 20.1. The van der Waals surface area contributed by atoms with Crippen LogP contribution < -0.4 is 10.4 Å². The highest BCUT2D eigenvalue weighted by Gasteiger charge is 2.17. The predicted octanol–water partition coefficient (Wildman–Crippen LogP) is 3.27. The third-order valence-corrected chi connectivity index (χ3v) is 4.75. The Morgan fingerprint density at radius 3 is 2.25 bits per heavy atom. The fourth-order valence-corrected chi connectivity index (χ4v) is 3.34. The number of fused-ring (bicyclic) bond motifs is 1. The first-order chi connectivity index (χ1) is 13.5. The summed E-state index contributed by atoms with van der Waals surface area (Å²) >= 11 is 0. The Bertz CT molecular complexity index is 1000. The smallest absolute Gasteiger partial charge is 0.329 e. The van der Waals surface area contributed by atoms with Gasteiger partial charge in [-0.15, -0.1) is 0 Å². The van der Waals surface area contributed by atoms with Crippen LogP contribution in [-0.2, 0) is 24.4 Å². The number of likely N-dealkylation sites (N-methyl/N-ethyl adjacent to an activating group) is 1. The van der Waals surface area contributed by atoms with Gasteiger partial charge in [0.1, 0.15) is 12.3 Å². The van der Waals surface area contributed by atoms with Gasteiger partial charge in [-0.1, -0.05) is 31.2 Å². The van der Waals surface area contributed by atoms with E-state index in [0.29, 0.717) is 19.7 Å². The molecule has 1 aromatic heterocycles. The fourth-order valence-electron chi connectivity index (χ4n) is 3.34. The number of carbonyl (C=O) groups is 1. The maximum atomic E-state index is 12.8. The summed E-state index contributed by atoms with van der Waals surface area (Å²) in [6.07, 6.45) is 0.861. The van der Waals surface area contributed by atoms with Gasteiger partial charge in [-0.3, -0.25) is 13.9 Å². The Balaban J connectivity index is 1.77. The Labute approximate surface area is 164 Å². The van der Waals surface area contributed by atoms with Gasteiger partial charge in [0.25, 0.3) is 0 Å². The first-order valence-electron chi connectivity index (χ1n) is 9.69. The Hall–Kier alpha value is -3.02. The van der Waals surface area contributed by atoms with Gasteiger partial charge in [-0.25, -0.2) is 4.79 Å². The Kier molecular flexibility index (Phi) is 6.19. The van der Waals surface area contributed by atoms with E-state index in [9.17, 15) is 9.59 Å². The van der Waals surface area contributed by atoms with Crippen molar-refractivity contribution >= 4 is 16.9 Å². The zero-order valence-corrected chi connectivity index (χ0v) is 16.7. The van der Waals surface area contributed by atoms with Crippen molar-refractivity contribution < 1.29 is 9.53 Å². The number of hydrogen-bond acceptors (Lipinski definition) is 3. The van der Waals surface area contributed by atoms with Crippen molar-refractivity contribution in [3.05, 3.63) is 64.6 Å². The SMILES string of the molecule is CCCn1c(=O)n(CC(=O)N(C)Cc2ccc(OCC)cc2)c2ccccc21. The Morgan fingerprint density at radius 2 is 1.64 bits per heavy atom. The summed E-state index contributed by atoms with van der Waals surface area (Å²) in [5, 5.41) is 0. The summed E-state index contributed by atoms with van der Waals surface area (Å²) in [6.45, 7) is 5.76. The van der Waals surface area contributed by atoms with E-state index >= 15 is 0 Å². The lowest BCUT2D eigenvalue weighted by Gasteiger charge is -2.18. The number of imidazole rings is 1. The van der Waals surface area contributed by atoms with Gasteiger partial charge in [0.2, 0.25) is 5.91 Å². The molecule has 0 fully saturated rings. The van der Waals surface area contributed by atoms with Crippen molar-refractivity contribution in [3.63, 3.8) is 0 Å². The third-order valence-electron chi connectivity index (χ3n) is 4.75. The molecule has 6 nitrogen and oxygen atoms in total. The summed E-state index contributed by atoms with van der Waals surface area (Å²) < 4.78 is 8.76. The number of ether oxygens (including phenoxy) is 1. The maximum Gasteiger partial charge on any atom is 0.329 e. The molecule has 148 valence electrons. The van der Waals surface area contributed by atoms with Crippen LogP contribution in [0.5, 0.6) is 5.75 Å². The van der Waals surface area contributed by atoms with E-state index in [-0.39, 0.29) is 18.1 Å². The van der Waals surface area contributed by atoms with Crippen LogP contribution in [-0.4, -0.2) is 33.6 Å². The van der Waals surface area contributed by atoms with Crippen LogP contribution >= 0.6 is 0 Å². The number of nitrogens with zero attached hydrogens (tertiary/aromatic N) is 3. The third kappa shape index (κ3) is 4.11. The molecular formula is C22H27N3O3. The van der Waals surface area contributed by atoms with Crippen molar-refractivity contribution in [1.29, 1.82) is 0 Å². The minimum atomic E-state index is -0.133. The molecule has 0 bridgehead atoms. The molecule has 0 saturated heterocycles. The maximum absolute atomic E-state index is 12.8. The number of rotatable bonds is 8. The second-order valence-corrected chi connectivity index (χ2v) is 6.84. The second kappa shape index (κ2) is 8.78. The molecule has 2 aromatic carbocycles. The van der Waals surface area contributed by atoms with Crippen molar-refractivity contribution in [3.8, 4) is 5.75 Å². The molecule has 6 heteroatoms. The van der Waals surface area contributed by atoms with E-state index < -0.39 is 0 Å². The minimum absolute atomic E-state index is 0.0313. The standard InChI is InChI=1S/C22H27N3O3/c1-4-14-24-19-8-6-7-9-20(19)25(22(24)27)16-21(26)23(3)15-17-10-12-18(13-11-17)28-5-2/h6-13H,4-5,14-16H2,1-3H3. The molecule has 0 aliphatic rings. The molecule has 3 aromatic rings. The van der Waals surface area contributed by atoms with Crippen LogP contribution in [0, 0.1) is 0 Å². The molecule has 1 amide bonds. The summed E-state index contributed by atoms with van der Waals surface area (Å²) in [5.41, 5.74) is 2.55. The van der Waals surface area contributed by atoms with Crippen LogP contribution in [0.2, 0.25) is 0 Å². The minimum Gasteiger partial charge on any atom is -0.494 e. The number of amides is 1. The van der Waals surface area contributed by atoms with Gasteiger partial charge in [-0.2, -0.15) is 0 Å². The molecule has 0 unspecified atom stereocenters. The molecule has 1 heterocycles. The van der Waals surface area contributed by atoms with E-state index in [1.54, 1.807) is 21.1 Å². The fraction of sp³-hybridized carbons (Fsp3) is 0.364. The van der Waals surface area contributed by atoms with Gasteiger partial charge in [0.05, 0.1) is 17.6 Å². The van der Waals surface area contributed by atoms with Gasteiger partial charge >= 0.3 is 5.69 Å². The van der Waals surface area contributed by atoms with Crippen LogP contribution in [0.1, 0.15) is 25.8 Å². The topological polar surface area (TPSA) is 56.5 Å². The lowest BCUT2D eigenvalue weighted by molar-refractivity contribution is -0.131. The molecule has 0 atom stereocenters. The van der Waals surface area contributed by atoms with E-state index in [0.717, 1.165) is 28.8 Å². The highest BCUT2D eigenvalue weighted by atomic mass is 16.5. The molecule has 0 N–H and O–H groups in total. The number of hydrogen-bond donors (Lipinski definition) is 0. The van der Waals surface area contributed by atoms with Gasteiger partial charge in [-0.05, 0) is 43.2 Å². The largest absolute Gasteiger partial charge is 0.494 e. The average molecular weight is 381 g/mol. The van der Waals surface area contributed by atoms with Gasteiger partial charge in [0.15, 0.2) is 0 Å². The molecule has 0 radical (unpaired) electrons. The Morgan fingerprint density at radius 1 is 1.00 bits per heavy atom. The van der Waals surface area contributed by atoms with E-state index in [4.69, 9.17) is 4.74 Å². The monoisotopic (exact) mass is 381 g/mol. The van der Waals surface area contributed by atoms with E-state index in [1.165, 1.54) is 0 Å². The molecule has 3 rings (SSSR count). The predicted molar refractivity (Wildman–Crippen MR) is 111 cm³/mol. The first kappa shape index (κ1) is 19.7. The number of benzene rings is 2. The lowest BCUT2D eigenvalue weighted by atomic mass is 10.2. The second-order valence-electron chi connectivity index (χ2n) is 6.84. The summed E-state index contributed by atoms with van der Waals surface area (Å²) in [4.78, 5) is 27.3. The van der Waals surface area contributed by atoms with Crippen molar-refractivity contribution in [2.75, 3.05) is 13.7 Å². The average Bonchev–Trinajstić information content (AvgIpc) is 2.96. The van der Waals surface area contributed by atoms with Crippen LogP contribution in [0.4, 0.5) is 0 Å². The number of para-hydroxylation sites is 2. The molecule has 0 saturated carbocycles. The highest BCUT2D eigenvalue weighted by Crippen LogP contribution is 2.15. The molecule has 0 aliphatic carbocycles. The lowest BCUT2D eigenvalue weighted by Crippen LogP contribution is -2.34. The van der Waals surface area contributed by atoms with Crippen LogP contribution in [0.15, 0.2) is 53.3 Å². The normalized spacial score (nSPS) is 11.0. The van der Waals surface area contributed by atoms with Crippen molar-refractivity contribution in [2.45, 2.75) is 39.9 Å². The van der Waals surface area contributed by atoms with E-state index in [2.05, 4.69) is 0 Å². The van der Waals surface area contributed by atoms with Crippen LogP contribution in [0.25, 0.3) is 11.0 Å². The first-order valence-corrected chi connectivity index (χ1v) is 9.69. The van der Waals surface area contributed by atoms with Crippen LogP contribution in [0.3, 0.4) is 0 Å². The van der Waals surface area contributed by atoms with Gasteiger partial charge < -0.3 is 9.64 Å². The highest BCUT2D eigenvalue weighted by molar-refractivity contribution is 5.81. The molecule has 28 heavy (non-hydrogen) atoms. The summed E-state index contributed by atoms with van der Waals surface area (Å²) in [7, 11) is 1.76. The zero-order valence-electron chi connectivity index (χ0n) is 16.7. The quantitative estimate of drug-likeness (QED) is 0.602. The number of aromatic nitrogens is 2. The molecule has 0 aliphatic heterocycles. The number of carbonyl (C=O) groups excluding carboxylic acids is 1. The molecule has 0 spiro atoms. The summed E-state index contributed by atoms with van der Waals surface area (Å²) in [6, 6.07) is 15.3. The van der Waals surface area contributed by atoms with E-state index in [1.807, 2.05) is 62.4 Å². The number of aryl methyl sites for hydroxylation is 1.